The predicted molar refractivity (Wildman–Crippen MR) is 65.6 cm³/mol. The number of hydrogen-bond donors (Lipinski definition) is 1. The van der Waals surface area contributed by atoms with E-state index in [9.17, 15) is 5.11 Å². The van der Waals surface area contributed by atoms with Gasteiger partial charge in [-0.25, -0.2) is 0 Å². The maximum absolute atomic E-state index is 10.3. The molecular formula is C13H17N3O. The molecule has 90 valence electrons. The Hall–Kier alpha value is -1.68. The Morgan fingerprint density at radius 1 is 1.41 bits per heavy atom. The molecule has 0 saturated carbocycles. The molecule has 17 heavy (non-hydrogen) atoms. The van der Waals surface area contributed by atoms with Crippen molar-refractivity contribution in [1.82, 2.24) is 14.8 Å². The van der Waals surface area contributed by atoms with Crippen LogP contribution < -0.4 is 0 Å². The summed E-state index contributed by atoms with van der Waals surface area (Å²) in [6.07, 6.45) is 5.44. The fourth-order valence-corrected chi connectivity index (χ4v) is 1.85. The highest BCUT2D eigenvalue weighted by Gasteiger charge is 2.16. The summed E-state index contributed by atoms with van der Waals surface area (Å²) in [6, 6.07) is 3.89. The normalized spacial score (nSPS) is 12.6. The summed E-state index contributed by atoms with van der Waals surface area (Å²) in [4.78, 5) is 4.27. The molecule has 2 aromatic heterocycles. The molecule has 0 aromatic carbocycles. The molecule has 2 rings (SSSR count). The highest BCUT2D eigenvalue weighted by Crippen LogP contribution is 2.22. The van der Waals surface area contributed by atoms with Gasteiger partial charge in [-0.05, 0) is 25.0 Å². The van der Waals surface area contributed by atoms with Gasteiger partial charge in [-0.3, -0.25) is 9.67 Å². The lowest BCUT2D eigenvalue weighted by Crippen LogP contribution is -2.05. The van der Waals surface area contributed by atoms with E-state index >= 15 is 0 Å². The highest BCUT2D eigenvalue weighted by atomic mass is 16.3. The zero-order chi connectivity index (χ0) is 12.3. The summed E-state index contributed by atoms with van der Waals surface area (Å²) in [5, 5.41) is 14.5. The summed E-state index contributed by atoms with van der Waals surface area (Å²) in [5.74, 6) is 0. The Labute approximate surface area is 101 Å². The fourth-order valence-electron chi connectivity index (χ4n) is 1.85. The van der Waals surface area contributed by atoms with Crippen molar-refractivity contribution in [2.75, 3.05) is 0 Å². The number of hydrogen-bond acceptors (Lipinski definition) is 3. The van der Waals surface area contributed by atoms with E-state index < -0.39 is 6.10 Å². The SMILES string of the molecule is CCc1cccnc1C(O)c1cnn(CC)c1. The van der Waals surface area contributed by atoms with Crippen molar-refractivity contribution < 1.29 is 5.11 Å². The fraction of sp³-hybridized carbons (Fsp3) is 0.385. The van der Waals surface area contributed by atoms with E-state index in [2.05, 4.69) is 17.0 Å². The number of aromatic nitrogens is 3. The Kier molecular flexibility index (Phi) is 3.54. The van der Waals surface area contributed by atoms with Gasteiger partial charge < -0.3 is 5.11 Å². The van der Waals surface area contributed by atoms with Gasteiger partial charge in [0.2, 0.25) is 0 Å². The van der Waals surface area contributed by atoms with Crippen LogP contribution in [0.25, 0.3) is 0 Å². The van der Waals surface area contributed by atoms with Gasteiger partial charge in [0.1, 0.15) is 6.10 Å². The Morgan fingerprint density at radius 3 is 2.88 bits per heavy atom. The monoisotopic (exact) mass is 231 g/mol. The van der Waals surface area contributed by atoms with Crippen LogP contribution in [0.5, 0.6) is 0 Å². The van der Waals surface area contributed by atoms with E-state index in [1.165, 1.54) is 0 Å². The van der Waals surface area contributed by atoms with Crippen LogP contribution in [-0.2, 0) is 13.0 Å². The van der Waals surface area contributed by atoms with Crippen LogP contribution in [0.2, 0.25) is 0 Å². The van der Waals surface area contributed by atoms with Gasteiger partial charge in [0.25, 0.3) is 0 Å². The number of rotatable bonds is 4. The van der Waals surface area contributed by atoms with Crippen molar-refractivity contribution in [3.8, 4) is 0 Å². The van der Waals surface area contributed by atoms with Gasteiger partial charge in [-0.15, -0.1) is 0 Å². The average Bonchev–Trinajstić information content (AvgIpc) is 2.86. The lowest BCUT2D eigenvalue weighted by atomic mass is 10.0. The van der Waals surface area contributed by atoms with Crippen LogP contribution in [-0.4, -0.2) is 19.9 Å². The maximum atomic E-state index is 10.3. The lowest BCUT2D eigenvalue weighted by molar-refractivity contribution is 0.214. The third kappa shape index (κ3) is 2.36. The Morgan fingerprint density at radius 2 is 2.24 bits per heavy atom. The summed E-state index contributed by atoms with van der Waals surface area (Å²) in [6.45, 7) is 4.87. The van der Waals surface area contributed by atoms with Gasteiger partial charge in [-0.1, -0.05) is 13.0 Å². The molecule has 0 aliphatic carbocycles. The van der Waals surface area contributed by atoms with E-state index in [0.717, 1.165) is 29.8 Å². The molecule has 0 fully saturated rings. The van der Waals surface area contributed by atoms with Crippen molar-refractivity contribution in [2.24, 2.45) is 0 Å². The summed E-state index contributed by atoms with van der Waals surface area (Å²) < 4.78 is 1.80. The van der Waals surface area contributed by atoms with Crippen LogP contribution in [0.15, 0.2) is 30.7 Å². The molecule has 2 heterocycles. The number of aryl methyl sites for hydroxylation is 2. The molecule has 0 amide bonds. The van der Waals surface area contributed by atoms with Crippen molar-refractivity contribution in [3.63, 3.8) is 0 Å². The molecule has 0 aliphatic rings. The Bertz CT molecular complexity index is 493. The topological polar surface area (TPSA) is 50.9 Å². The molecule has 0 saturated heterocycles. The summed E-state index contributed by atoms with van der Waals surface area (Å²) in [7, 11) is 0. The molecular weight excluding hydrogens is 214 g/mol. The molecule has 0 aliphatic heterocycles. The van der Waals surface area contributed by atoms with Crippen LogP contribution in [0.4, 0.5) is 0 Å². The quantitative estimate of drug-likeness (QED) is 0.875. The van der Waals surface area contributed by atoms with Gasteiger partial charge in [-0.2, -0.15) is 5.10 Å². The van der Waals surface area contributed by atoms with Crippen molar-refractivity contribution in [3.05, 3.63) is 47.5 Å². The minimum absolute atomic E-state index is 0.688. The minimum Gasteiger partial charge on any atom is -0.382 e. The molecule has 0 radical (unpaired) electrons. The first-order chi connectivity index (χ1) is 8.26. The standard InChI is InChI=1S/C13H17N3O/c1-3-10-6-5-7-14-12(10)13(17)11-8-15-16(4-2)9-11/h5-9,13,17H,3-4H2,1-2H3. The molecule has 4 nitrogen and oxygen atoms in total. The van der Waals surface area contributed by atoms with Crippen LogP contribution in [0.3, 0.4) is 0 Å². The van der Waals surface area contributed by atoms with E-state index in [1.54, 1.807) is 17.1 Å². The second-order valence-corrected chi connectivity index (χ2v) is 3.93. The lowest BCUT2D eigenvalue weighted by Gasteiger charge is -2.11. The van der Waals surface area contributed by atoms with E-state index in [0.29, 0.717) is 0 Å². The first kappa shape index (κ1) is 11.8. The second-order valence-electron chi connectivity index (χ2n) is 3.93. The van der Waals surface area contributed by atoms with Gasteiger partial charge in [0, 0.05) is 24.5 Å². The minimum atomic E-state index is -0.688. The summed E-state index contributed by atoms with van der Waals surface area (Å²) >= 11 is 0. The Balaban J connectivity index is 2.32. The highest BCUT2D eigenvalue weighted by molar-refractivity contribution is 5.28. The zero-order valence-corrected chi connectivity index (χ0v) is 10.2. The zero-order valence-electron chi connectivity index (χ0n) is 10.2. The van der Waals surface area contributed by atoms with Crippen LogP contribution in [0, 0.1) is 0 Å². The predicted octanol–water partition coefficient (Wildman–Crippen LogP) is 1.94. The smallest absolute Gasteiger partial charge is 0.124 e. The van der Waals surface area contributed by atoms with E-state index in [-0.39, 0.29) is 0 Å². The van der Waals surface area contributed by atoms with Gasteiger partial charge >= 0.3 is 0 Å². The average molecular weight is 231 g/mol. The molecule has 1 unspecified atom stereocenters. The first-order valence-electron chi connectivity index (χ1n) is 5.90. The molecule has 1 atom stereocenters. The van der Waals surface area contributed by atoms with Crippen molar-refractivity contribution in [2.45, 2.75) is 32.9 Å². The number of nitrogens with zero attached hydrogens (tertiary/aromatic N) is 3. The van der Waals surface area contributed by atoms with E-state index in [1.807, 2.05) is 25.3 Å². The molecule has 0 bridgehead atoms. The van der Waals surface area contributed by atoms with Gasteiger partial charge in [0.05, 0.1) is 11.9 Å². The molecule has 4 heteroatoms. The van der Waals surface area contributed by atoms with E-state index in [4.69, 9.17) is 0 Å². The van der Waals surface area contributed by atoms with Crippen molar-refractivity contribution in [1.29, 1.82) is 0 Å². The molecule has 0 spiro atoms. The summed E-state index contributed by atoms with van der Waals surface area (Å²) in [5.41, 5.74) is 2.59. The van der Waals surface area contributed by atoms with Crippen molar-refractivity contribution >= 4 is 0 Å². The number of pyridine rings is 1. The van der Waals surface area contributed by atoms with Crippen LogP contribution >= 0.6 is 0 Å². The van der Waals surface area contributed by atoms with Gasteiger partial charge in [0.15, 0.2) is 0 Å². The second kappa shape index (κ2) is 5.10. The maximum Gasteiger partial charge on any atom is 0.124 e. The first-order valence-corrected chi connectivity index (χ1v) is 5.90. The largest absolute Gasteiger partial charge is 0.382 e. The number of aliphatic hydroxyl groups excluding tert-OH is 1. The molecule has 1 N–H and O–H groups in total. The third-order valence-corrected chi connectivity index (χ3v) is 2.86. The number of aliphatic hydroxyl groups is 1. The third-order valence-electron chi connectivity index (χ3n) is 2.86. The van der Waals surface area contributed by atoms with Crippen LogP contribution in [0.1, 0.15) is 36.8 Å². The molecule has 2 aromatic rings.